The Balaban J connectivity index is 1.49. The summed E-state index contributed by atoms with van der Waals surface area (Å²) in [5, 5.41) is 1.56. The lowest BCUT2D eigenvalue weighted by molar-refractivity contribution is 0.219. The van der Waals surface area contributed by atoms with Gasteiger partial charge in [-0.2, -0.15) is 0 Å². The number of nitrogens with two attached hydrogens (primary N) is 1. The molecule has 3 aromatic heterocycles. The molecule has 150 valence electrons. The van der Waals surface area contributed by atoms with Crippen LogP contribution in [-0.2, 0) is 6.54 Å². The molecule has 2 N–H and O–H groups in total. The van der Waals surface area contributed by atoms with Crippen molar-refractivity contribution < 1.29 is 0 Å². The Morgan fingerprint density at radius 3 is 2.79 bits per heavy atom. The molecule has 0 amide bonds. The first-order chi connectivity index (χ1) is 14.2. The maximum Gasteiger partial charge on any atom is 0.177 e. The van der Waals surface area contributed by atoms with Crippen LogP contribution in [0.2, 0.25) is 5.02 Å². The van der Waals surface area contributed by atoms with Gasteiger partial charge in [0.2, 0.25) is 0 Å². The van der Waals surface area contributed by atoms with E-state index in [1.165, 1.54) is 37.4 Å². The van der Waals surface area contributed by atoms with Gasteiger partial charge in [-0.25, -0.2) is 19.9 Å². The van der Waals surface area contributed by atoms with Crippen LogP contribution < -0.4 is 5.73 Å². The van der Waals surface area contributed by atoms with Crippen molar-refractivity contribution in [1.82, 2.24) is 29.4 Å². The fourth-order valence-electron chi connectivity index (χ4n) is 3.65. The Hall–Kier alpha value is -1.94. The quantitative estimate of drug-likeness (QED) is 0.489. The predicted octanol–water partition coefficient (Wildman–Crippen LogP) is 4.31. The largest absolute Gasteiger partial charge is 0.382 e. The summed E-state index contributed by atoms with van der Waals surface area (Å²) in [7, 11) is 0. The van der Waals surface area contributed by atoms with E-state index >= 15 is 0 Å². The first-order valence-corrected chi connectivity index (χ1v) is 11.6. The van der Waals surface area contributed by atoms with E-state index in [1.807, 2.05) is 18.2 Å². The second-order valence-electron chi connectivity index (χ2n) is 7.05. The maximum absolute atomic E-state index is 6.33. The summed E-state index contributed by atoms with van der Waals surface area (Å²) in [6, 6.07) is 5.79. The summed E-state index contributed by atoms with van der Waals surface area (Å²) in [5.74, 6) is 0.404. The molecular weight excluding hydrogens is 426 g/mol. The third-order valence-corrected chi connectivity index (χ3v) is 7.73. The average molecular weight is 446 g/mol. The van der Waals surface area contributed by atoms with Crippen LogP contribution in [0.3, 0.4) is 0 Å². The van der Waals surface area contributed by atoms with Crippen LogP contribution in [-0.4, -0.2) is 49.0 Å². The number of hydrogen-bond acceptors (Lipinski definition) is 8. The third-order valence-electron chi connectivity index (χ3n) is 5.14. The highest BCUT2D eigenvalue weighted by atomic mass is 35.5. The monoisotopic (exact) mass is 445 g/mol. The van der Waals surface area contributed by atoms with Gasteiger partial charge in [0.25, 0.3) is 0 Å². The lowest BCUT2D eigenvalue weighted by Crippen LogP contribution is -2.32. The van der Waals surface area contributed by atoms with E-state index in [2.05, 4.69) is 19.4 Å². The van der Waals surface area contributed by atoms with Crippen LogP contribution in [0.25, 0.3) is 21.4 Å². The molecule has 1 fully saturated rings. The van der Waals surface area contributed by atoms with Crippen molar-refractivity contribution in [2.75, 3.05) is 25.4 Å². The van der Waals surface area contributed by atoms with Gasteiger partial charge in [-0.05, 0) is 49.8 Å². The molecule has 4 aromatic rings. The number of imidazole rings is 1. The zero-order chi connectivity index (χ0) is 19.8. The number of nitrogens with zero attached hydrogens (tertiary/aromatic N) is 6. The maximum atomic E-state index is 6.33. The number of rotatable bonds is 5. The third kappa shape index (κ3) is 3.79. The molecule has 1 saturated heterocycles. The Morgan fingerprint density at radius 1 is 1.10 bits per heavy atom. The molecule has 0 unspecified atom stereocenters. The Labute approximate surface area is 181 Å². The Bertz CT molecular complexity index is 1170. The van der Waals surface area contributed by atoms with Crippen LogP contribution in [0.15, 0.2) is 34.0 Å². The van der Waals surface area contributed by atoms with Crippen molar-refractivity contribution in [3.63, 3.8) is 0 Å². The number of piperidine rings is 1. The van der Waals surface area contributed by atoms with Gasteiger partial charge >= 0.3 is 0 Å². The summed E-state index contributed by atoms with van der Waals surface area (Å²) < 4.78 is 4.03. The summed E-state index contributed by atoms with van der Waals surface area (Å²) in [5.41, 5.74) is 8.40. The fourth-order valence-corrected chi connectivity index (χ4v) is 6.01. The van der Waals surface area contributed by atoms with Gasteiger partial charge in [-0.3, -0.25) is 0 Å². The molecular formula is C19H20ClN7S2. The van der Waals surface area contributed by atoms with Crippen molar-refractivity contribution in [3.8, 4) is 0 Å². The number of benzene rings is 1. The Morgan fingerprint density at radius 2 is 1.97 bits per heavy atom. The highest BCUT2D eigenvalue weighted by Gasteiger charge is 2.19. The van der Waals surface area contributed by atoms with Crippen molar-refractivity contribution in [2.24, 2.45) is 0 Å². The van der Waals surface area contributed by atoms with Crippen molar-refractivity contribution >= 4 is 61.9 Å². The molecule has 10 heteroatoms. The number of nitrogen functional groups attached to an aromatic ring is 1. The number of thiazole rings is 1. The molecule has 1 aromatic carbocycles. The molecule has 0 bridgehead atoms. The molecule has 0 radical (unpaired) electrons. The van der Waals surface area contributed by atoms with E-state index < -0.39 is 0 Å². The standard InChI is InChI=1S/C19H20ClN7S2/c20-12-5-4-6-13-15(12)28-19(24-13)29-18-25-14-16(21)22-11-23-17(14)27(18)10-9-26-7-2-1-3-8-26/h4-6,11H,1-3,7-10H2,(H2,21,22,23). The van der Waals surface area contributed by atoms with E-state index in [1.54, 1.807) is 11.3 Å². The first kappa shape index (κ1) is 19.0. The van der Waals surface area contributed by atoms with Crippen molar-refractivity contribution in [2.45, 2.75) is 35.3 Å². The van der Waals surface area contributed by atoms with Gasteiger partial charge in [0.15, 0.2) is 26.5 Å². The van der Waals surface area contributed by atoms with Gasteiger partial charge in [-0.15, -0.1) is 11.3 Å². The van der Waals surface area contributed by atoms with Gasteiger partial charge in [0, 0.05) is 13.1 Å². The lowest BCUT2D eigenvalue weighted by Gasteiger charge is -2.26. The van der Waals surface area contributed by atoms with E-state index in [0.717, 1.165) is 56.6 Å². The minimum absolute atomic E-state index is 0.404. The van der Waals surface area contributed by atoms with E-state index in [9.17, 15) is 0 Å². The molecule has 0 saturated carbocycles. The SMILES string of the molecule is Nc1ncnc2c1nc(Sc1nc3cccc(Cl)c3s1)n2CCN1CCCCC1. The van der Waals surface area contributed by atoms with E-state index in [4.69, 9.17) is 27.3 Å². The van der Waals surface area contributed by atoms with E-state index in [0.29, 0.717) is 11.3 Å². The van der Waals surface area contributed by atoms with Crippen LogP contribution in [0.1, 0.15) is 19.3 Å². The second kappa shape index (κ2) is 8.06. The summed E-state index contributed by atoms with van der Waals surface area (Å²) in [4.78, 5) is 20.5. The summed E-state index contributed by atoms with van der Waals surface area (Å²) in [6.07, 6.45) is 5.37. The minimum atomic E-state index is 0.404. The zero-order valence-electron chi connectivity index (χ0n) is 15.7. The summed E-state index contributed by atoms with van der Waals surface area (Å²) >= 11 is 9.43. The van der Waals surface area contributed by atoms with Crippen molar-refractivity contribution in [3.05, 3.63) is 29.5 Å². The van der Waals surface area contributed by atoms with Gasteiger partial charge in [-0.1, -0.05) is 24.1 Å². The number of halogens is 1. The van der Waals surface area contributed by atoms with Crippen LogP contribution >= 0.6 is 34.7 Å². The van der Waals surface area contributed by atoms with Crippen LogP contribution in [0, 0.1) is 0 Å². The van der Waals surface area contributed by atoms with Crippen LogP contribution in [0.5, 0.6) is 0 Å². The normalized spacial score (nSPS) is 15.5. The number of fused-ring (bicyclic) bond motifs is 2. The molecule has 5 rings (SSSR count). The number of likely N-dealkylation sites (tertiary alicyclic amines) is 1. The molecule has 29 heavy (non-hydrogen) atoms. The Kier molecular flexibility index (Phi) is 5.29. The molecule has 7 nitrogen and oxygen atoms in total. The minimum Gasteiger partial charge on any atom is -0.382 e. The van der Waals surface area contributed by atoms with Crippen LogP contribution in [0.4, 0.5) is 5.82 Å². The number of hydrogen-bond donors (Lipinski definition) is 1. The van der Waals surface area contributed by atoms with Gasteiger partial charge in [0.1, 0.15) is 6.33 Å². The molecule has 0 aliphatic carbocycles. The highest BCUT2D eigenvalue weighted by Crippen LogP contribution is 2.38. The lowest BCUT2D eigenvalue weighted by atomic mass is 10.1. The summed E-state index contributed by atoms with van der Waals surface area (Å²) in [6.45, 7) is 4.08. The topological polar surface area (TPSA) is 85.7 Å². The number of aromatic nitrogens is 5. The fraction of sp³-hybridized carbons (Fsp3) is 0.368. The highest BCUT2D eigenvalue weighted by molar-refractivity contribution is 8.01. The molecule has 0 atom stereocenters. The average Bonchev–Trinajstić information content (AvgIpc) is 3.30. The van der Waals surface area contributed by atoms with E-state index in [-0.39, 0.29) is 0 Å². The number of anilines is 1. The molecule has 4 heterocycles. The predicted molar refractivity (Wildman–Crippen MR) is 119 cm³/mol. The van der Waals surface area contributed by atoms with Gasteiger partial charge in [0.05, 0.1) is 15.2 Å². The smallest absolute Gasteiger partial charge is 0.177 e. The molecule has 1 aliphatic heterocycles. The molecule has 1 aliphatic rings. The van der Waals surface area contributed by atoms with Gasteiger partial charge < -0.3 is 15.2 Å². The molecule has 0 spiro atoms. The first-order valence-electron chi connectivity index (χ1n) is 9.61. The zero-order valence-corrected chi connectivity index (χ0v) is 18.1. The van der Waals surface area contributed by atoms with Crippen molar-refractivity contribution in [1.29, 1.82) is 0 Å². The second-order valence-corrected chi connectivity index (χ2v) is 9.67.